The Morgan fingerprint density at radius 3 is 3.05 bits per heavy atom. The van der Waals surface area contributed by atoms with Gasteiger partial charge in [-0.1, -0.05) is 12.1 Å². The van der Waals surface area contributed by atoms with Crippen LogP contribution < -0.4 is 14.8 Å². The second-order valence-corrected chi connectivity index (χ2v) is 5.34. The van der Waals surface area contributed by atoms with Crippen LogP contribution in [0.4, 0.5) is 0 Å². The number of aromatic nitrogens is 1. The molecule has 0 radical (unpaired) electrons. The lowest BCUT2D eigenvalue weighted by Crippen LogP contribution is -2.13. The van der Waals surface area contributed by atoms with Gasteiger partial charge in [0.05, 0.1) is 18.7 Å². The second-order valence-electron chi connectivity index (χ2n) is 4.37. The summed E-state index contributed by atoms with van der Waals surface area (Å²) in [5, 5.41) is 3.41. The fourth-order valence-corrected chi connectivity index (χ4v) is 2.61. The van der Waals surface area contributed by atoms with Crippen molar-refractivity contribution in [3.63, 3.8) is 0 Å². The molecule has 0 saturated heterocycles. The van der Waals surface area contributed by atoms with E-state index in [2.05, 4.69) is 16.4 Å². The standard InChI is InChI=1S/C14H16N2O2S/c1-3-11(7-15-8-12-9-16-10-19-12)14-13(4-1)17-5-2-6-18-14/h1,3-4,9-10,15H,2,5-8H2. The predicted molar refractivity (Wildman–Crippen MR) is 74.7 cm³/mol. The molecule has 0 atom stereocenters. The van der Waals surface area contributed by atoms with Crippen molar-refractivity contribution >= 4 is 11.3 Å². The summed E-state index contributed by atoms with van der Waals surface area (Å²) < 4.78 is 11.5. The zero-order valence-corrected chi connectivity index (χ0v) is 11.4. The molecule has 5 heteroatoms. The Labute approximate surface area is 116 Å². The van der Waals surface area contributed by atoms with Crippen LogP contribution in [0, 0.1) is 0 Å². The zero-order chi connectivity index (χ0) is 12.9. The SMILES string of the molecule is c1cc(CNCc2cncs2)c2c(c1)OCCCO2. The minimum absolute atomic E-state index is 0.721. The van der Waals surface area contributed by atoms with Gasteiger partial charge in [-0.25, -0.2) is 0 Å². The smallest absolute Gasteiger partial charge is 0.165 e. The molecule has 0 fully saturated rings. The van der Waals surface area contributed by atoms with Gasteiger partial charge in [0.25, 0.3) is 0 Å². The number of thiazole rings is 1. The molecule has 1 aromatic heterocycles. The highest BCUT2D eigenvalue weighted by Gasteiger charge is 2.13. The van der Waals surface area contributed by atoms with Crippen LogP contribution in [0.15, 0.2) is 29.9 Å². The highest BCUT2D eigenvalue weighted by Crippen LogP contribution is 2.33. The van der Waals surface area contributed by atoms with Crippen LogP contribution >= 0.6 is 11.3 Å². The van der Waals surface area contributed by atoms with Gasteiger partial charge in [-0.05, 0) is 6.07 Å². The number of para-hydroxylation sites is 1. The van der Waals surface area contributed by atoms with Gasteiger partial charge in [-0.3, -0.25) is 4.98 Å². The van der Waals surface area contributed by atoms with E-state index in [0.717, 1.165) is 49.8 Å². The van der Waals surface area contributed by atoms with Crippen LogP contribution in [0.3, 0.4) is 0 Å². The maximum absolute atomic E-state index is 5.79. The first kappa shape index (κ1) is 12.4. The topological polar surface area (TPSA) is 43.4 Å². The number of nitrogens with one attached hydrogen (secondary N) is 1. The first-order chi connectivity index (χ1) is 9.43. The summed E-state index contributed by atoms with van der Waals surface area (Å²) in [5.41, 5.74) is 2.99. The molecule has 3 rings (SSSR count). The molecule has 0 amide bonds. The van der Waals surface area contributed by atoms with Gasteiger partial charge < -0.3 is 14.8 Å². The Balaban J connectivity index is 1.67. The summed E-state index contributed by atoms with van der Waals surface area (Å²) in [5.74, 6) is 1.74. The van der Waals surface area contributed by atoms with Crippen molar-refractivity contribution < 1.29 is 9.47 Å². The fourth-order valence-electron chi connectivity index (χ4n) is 2.04. The summed E-state index contributed by atoms with van der Waals surface area (Å²) in [6.07, 6.45) is 2.82. The minimum Gasteiger partial charge on any atom is -0.490 e. The lowest BCUT2D eigenvalue weighted by Gasteiger charge is -2.12. The maximum atomic E-state index is 5.79. The molecule has 0 saturated carbocycles. The van der Waals surface area contributed by atoms with Gasteiger partial charge in [0.2, 0.25) is 0 Å². The normalized spacial score (nSPS) is 14.1. The average Bonchev–Trinajstić information content (AvgIpc) is 2.82. The van der Waals surface area contributed by atoms with E-state index < -0.39 is 0 Å². The van der Waals surface area contributed by atoms with Crippen LogP contribution in [0.1, 0.15) is 16.9 Å². The Hall–Kier alpha value is -1.59. The molecule has 0 bridgehead atoms. The lowest BCUT2D eigenvalue weighted by atomic mass is 10.2. The Morgan fingerprint density at radius 1 is 1.21 bits per heavy atom. The van der Waals surface area contributed by atoms with E-state index in [1.54, 1.807) is 11.3 Å². The van der Waals surface area contributed by atoms with E-state index in [-0.39, 0.29) is 0 Å². The third kappa shape index (κ3) is 3.05. The highest BCUT2D eigenvalue weighted by atomic mass is 32.1. The molecule has 2 aromatic rings. The van der Waals surface area contributed by atoms with Crippen molar-refractivity contribution in [2.75, 3.05) is 13.2 Å². The third-order valence-corrected chi connectivity index (χ3v) is 3.73. The molecule has 1 aliphatic heterocycles. The molecule has 4 nitrogen and oxygen atoms in total. The minimum atomic E-state index is 0.721. The quantitative estimate of drug-likeness (QED) is 0.932. The van der Waals surface area contributed by atoms with E-state index in [4.69, 9.17) is 9.47 Å². The largest absolute Gasteiger partial charge is 0.490 e. The Morgan fingerprint density at radius 2 is 2.16 bits per heavy atom. The lowest BCUT2D eigenvalue weighted by molar-refractivity contribution is 0.296. The van der Waals surface area contributed by atoms with E-state index in [1.807, 2.05) is 23.8 Å². The maximum Gasteiger partial charge on any atom is 0.165 e. The molecular weight excluding hydrogens is 260 g/mol. The van der Waals surface area contributed by atoms with Crippen LogP contribution in [-0.4, -0.2) is 18.2 Å². The van der Waals surface area contributed by atoms with E-state index >= 15 is 0 Å². The molecule has 0 aliphatic carbocycles. The molecular formula is C14H16N2O2S. The van der Waals surface area contributed by atoms with E-state index in [1.165, 1.54) is 4.88 Å². The van der Waals surface area contributed by atoms with E-state index in [9.17, 15) is 0 Å². The van der Waals surface area contributed by atoms with Crippen molar-refractivity contribution in [2.24, 2.45) is 0 Å². The van der Waals surface area contributed by atoms with Gasteiger partial charge in [0.15, 0.2) is 11.5 Å². The van der Waals surface area contributed by atoms with Crippen molar-refractivity contribution in [3.05, 3.63) is 40.3 Å². The van der Waals surface area contributed by atoms with Gasteiger partial charge in [-0.15, -0.1) is 11.3 Å². The molecule has 1 N–H and O–H groups in total. The number of hydrogen-bond donors (Lipinski definition) is 1. The Kier molecular flexibility index (Phi) is 3.95. The van der Waals surface area contributed by atoms with Crippen molar-refractivity contribution in [1.29, 1.82) is 0 Å². The van der Waals surface area contributed by atoms with Gasteiger partial charge in [-0.2, -0.15) is 0 Å². The summed E-state index contributed by atoms with van der Waals surface area (Å²) in [6, 6.07) is 6.05. The first-order valence-electron chi connectivity index (χ1n) is 6.39. The van der Waals surface area contributed by atoms with Crippen molar-refractivity contribution in [1.82, 2.24) is 10.3 Å². The number of fused-ring (bicyclic) bond motifs is 1. The van der Waals surface area contributed by atoms with Crippen molar-refractivity contribution in [3.8, 4) is 11.5 Å². The predicted octanol–water partition coefficient (Wildman–Crippen LogP) is 2.59. The average molecular weight is 276 g/mol. The molecule has 2 heterocycles. The second kappa shape index (κ2) is 6.04. The number of nitrogens with zero attached hydrogens (tertiary/aromatic N) is 1. The molecule has 0 unspecified atom stereocenters. The van der Waals surface area contributed by atoms with E-state index in [0.29, 0.717) is 0 Å². The molecule has 1 aromatic carbocycles. The molecule has 1 aliphatic rings. The number of rotatable bonds is 4. The number of ether oxygens (including phenoxy) is 2. The van der Waals surface area contributed by atoms with Gasteiger partial charge in [0.1, 0.15) is 0 Å². The van der Waals surface area contributed by atoms with Crippen LogP contribution in [-0.2, 0) is 13.1 Å². The summed E-state index contributed by atoms with van der Waals surface area (Å²) in [6.45, 7) is 3.04. The highest BCUT2D eigenvalue weighted by molar-refractivity contribution is 7.09. The Bertz CT molecular complexity index is 528. The first-order valence-corrected chi connectivity index (χ1v) is 7.27. The van der Waals surface area contributed by atoms with Crippen molar-refractivity contribution in [2.45, 2.75) is 19.5 Å². The van der Waals surface area contributed by atoms with Crippen LogP contribution in [0.5, 0.6) is 11.5 Å². The molecule has 100 valence electrons. The van der Waals surface area contributed by atoms with Crippen LogP contribution in [0.2, 0.25) is 0 Å². The fraction of sp³-hybridized carbons (Fsp3) is 0.357. The summed E-state index contributed by atoms with van der Waals surface area (Å²) in [7, 11) is 0. The van der Waals surface area contributed by atoms with Gasteiger partial charge >= 0.3 is 0 Å². The number of benzene rings is 1. The summed E-state index contributed by atoms with van der Waals surface area (Å²) in [4.78, 5) is 5.30. The number of hydrogen-bond acceptors (Lipinski definition) is 5. The van der Waals surface area contributed by atoms with Gasteiger partial charge in [0, 0.05) is 36.1 Å². The van der Waals surface area contributed by atoms with Crippen LogP contribution in [0.25, 0.3) is 0 Å². The monoisotopic (exact) mass is 276 g/mol. The third-order valence-electron chi connectivity index (χ3n) is 2.95. The summed E-state index contributed by atoms with van der Waals surface area (Å²) >= 11 is 1.66. The molecule has 19 heavy (non-hydrogen) atoms. The zero-order valence-electron chi connectivity index (χ0n) is 10.6. The molecule has 0 spiro atoms.